The highest BCUT2D eigenvalue weighted by molar-refractivity contribution is 7.90. The van der Waals surface area contributed by atoms with Crippen LogP contribution in [0, 0.1) is 10.1 Å². The van der Waals surface area contributed by atoms with Crippen molar-refractivity contribution in [1.29, 1.82) is 0 Å². The summed E-state index contributed by atoms with van der Waals surface area (Å²) >= 11 is 0. The van der Waals surface area contributed by atoms with Gasteiger partial charge in [0.1, 0.15) is 5.52 Å². The molecule has 9 nitrogen and oxygen atoms in total. The summed E-state index contributed by atoms with van der Waals surface area (Å²) in [5, 5.41) is 11.3. The Morgan fingerprint density at radius 1 is 1.08 bits per heavy atom. The van der Waals surface area contributed by atoms with Crippen molar-refractivity contribution in [3.05, 3.63) is 70.9 Å². The molecule has 26 heavy (non-hydrogen) atoms. The van der Waals surface area contributed by atoms with Crippen LogP contribution in [0.3, 0.4) is 0 Å². The molecule has 3 rings (SSSR count). The fourth-order valence-corrected chi connectivity index (χ4v) is 3.07. The average molecular weight is 373 g/mol. The van der Waals surface area contributed by atoms with Crippen LogP contribution in [0.15, 0.2) is 65.7 Å². The number of nitrogens with one attached hydrogen (secondary N) is 1. The van der Waals surface area contributed by atoms with Gasteiger partial charge in [-0.05, 0) is 24.3 Å². The van der Waals surface area contributed by atoms with Gasteiger partial charge in [-0.1, -0.05) is 18.2 Å². The zero-order valence-electron chi connectivity index (χ0n) is 13.0. The number of sulfonamides is 1. The number of hydrogen-bond acceptors (Lipinski definition) is 7. The van der Waals surface area contributed by atoms with Crippen molar-refractivity contribution in [3.8, 4) is 5.75 Å². The Balaban J connectivity index is 1.79. The van der Waals surface area contributed by atoms with E-state index in [1.54, 1.807) is 29.0 Å². The van der Waals surface area contributed by atoms with Crippen LogP contribution in [0.1, 0.15) is 0 Å². The lowest BCUT2D eigenvalue weighted by atomic mass is 10.2. The molecule has 0 aliphatic rings. The number of para-hydroxylation sites is 1. The topological polar surface area (TPSA) is 128 Å². The van der Waals surface area contributed by atoms with Crippen molar-refractivity contribution >= 4 is 32.7 Å². The Labute approximate surface area is 147 Å². The molecule has 0 bridgehead atoms. The number of carbonyl (C=O) groups excluding carboxylic acids is 1. The van der Waals surface area contributed by atoms with Crippen molar-refractivity contribution in [2.24, 2.45) is 0 Å². The quantitative estimate of drug-likeness (QED) is 0.550. The maximum Gasteiger partial charge on any atom is 0.426 e. The molecule has 1 N–H and O–H groups in total. The Hall–Kier alpha value is -3.53. The van der Waals surface area contributed by atoms with Crippen LogP contribution in [0.5, 0.6) is 5.75 Å². The predicted molar refractivity (Wildman–Crippen MR) is 91.2 cm³/mol. The molecule has 132 valence electrons. The standard InChI is InChI=1S/C16H11N3O6S/c20-16(25-14-5-1-3-11-4-2-10-17-15(11)14)18-26(23,24)13-8-6-12(7-9-13)19(21)22/h1-10H,(H,18,20). The van der Waals surface area contributed by atoms with Gasteiger partial charge in [-0.15, -0.1) is 0 Å². The van der Waals surface area contributed by atoms with E-state index in [0.717, 1.165) is 29.7 Å². The van der Waals surface area contributed by atoms with E-state index >= 15 is 0 Å². The summed E-state index contributed by atoms with van der Waals surface area (Å²) in [6.07, 6.45) is 0.294. The maximum absolute atomic E-state index is 12.2. The van der Waals surface area contributed by atoms with E-state index in [-0.39, 0.29) is 16.3 Å². The first kappa shape index (κ1) is 17.3. The summed E-state index contributed by atoms with van der Waals surface area (Å²) in [6, 6.07) is 12.4. The molecule has 0 unspecified atom stereocenters. The van der Waals surface area contributed by atoms with E-state index in [0.29, 0.717) is 5.52 Å². The molecule has 1 heterocycles. The van der Waals surface area contributed by atoms with Crippen LogP contribution in [-0.4, -0.2) is 24.4 Å². The predicted octanol–water partition coefficient (Wildman–Crippen LogP) is 2.62. The van der Waals surface area contributed by atoms with Crippen LogP contribution in [0.2, 0.25) is 0 Å². The molecule has 0 saturated carbocycles. The van der Waals surface area contributed by atoms with Gasteiger partial charge in [-0.3, -0.25) is 15.1 Å². The molecule has 0 atom stereocenters. The number of pyridine rings is 1. The van der Waals surface area contributed by atoms with E-state index in [1.165, 1.54) is 12.3 Å². The number of hydrogen-bond donors (Lipinski definition) is 1. The van der Waals surface area contributed by atoms with Crippen LogP contribution in [0.4, 0.5) is 10.5 Å². The minimum absolute atomic E-state index is 0.0968. The van der Waals surface area contributed by atoms with Crippen LogP contribution in [-0.2, 0) is 10.0 Å². The summed E-state index contributed by atoms with van der Waals surface area (Å²) < 4.78 is 31.2. The molecule has 1 amide bonds. The first-order valence-electron chi connectivity index (χ1n) is 7.20. The van der Waals surface area contributed by atoms with Crippen LogP contribution in [0.25, 0.3) is 10.9 Å². The van der Waals surface area contributed by atoms with Gasteiger partial charge >= 0.3 is 6.09 Å². The number of ether oxygens (including phenoxy) is 1. The molecule has 1 aromatic heterocycles. The van der Waals surface area contributed by atoms with Crippen molar-refractivity contribution < 1.29 is 22.9 Å². The molecular weight excluding hydrogens is 362 g/mol. The molecule has 10 heteroatoms. The molecule has 2 aromatic carbocycles. The fourth-order valence-electron chi connectivity index (χ4n) is 2.19. The SMILES string of the molecule is O=C(NS(=O)(=O)c1ccc([N+](=O)[O-])cc1)Oc1cccc2cccnc12. The average Bonchev–Trinajstić information content (AvgIpc) is 2.61. The minimum Gasteiger partial charge on any atom is -0.407 e. The van der Waals surface area contributed by atoms with Crippen LogP contribution >= 0.6 is 0 Å². The number of non-ortho nitro benzene ring substituents is 1. The second-order valence-electron chi connectivity index (χ2n) is 5.08. The van der Waals surface area contributed by atoms with Gasteiger partial charge in [0.05, 0.1) is 9.82 Å². The molecule has 0 saturated heterocycles. The highest BCUT2D eigenvalue weighted by atomic mass is 32.2. The number of benzene rings is 2. The smallest absolute Gasteiger partial charge is 0.407 e. The molecule has 0 fully saturated rings. The Morgan fingerprint density at radius 3 is 2.46 bits per heavy atom. The number of aromatic nitrogens is 1. The van der Waals surface area contributed by atoms with E-state index in [1.807, 2.05) is 0 Å². The van der Waals surface area contributed by atoms with Gasteiger partial charge in [0.25, 0.3) is 15.7 Å². The maximum atomic E-state index is 12.2. The number of amides is 1. The lowest BCUT2D eigenvalue weighted by molar-refractivity contribution is -0.384. The van der Waals surface area contributed by atoms with Gasteiger partial charge in [0.2, 0.25) is 0 Å². The third-order valence-electron chi connectivity index (χ3n) is 3.37. The summed E-state index contributed by atoms with van der Waals surface area (Å²) in [6.45, 7) is 0. The third-order valence-corrected chi connectivity index (χ3v) is 4.70. The van der Waals surface area contributed by atoms with E-state index in [9.17, 15) is 23.3 Å². The zero-order valence-corrected chi connectivity index (χ0v) is 13.8. The zero-order chi connectivity index (χ0) is 18.7. The Bertz CT molecular complexity index is 1090. The number of rotatable bonds is 4. The second kappa shape index (κ2) is 6.76. The van der Waals surface area contributed by atoms with Crippen molar-refractivity contribution in [1.82, 2.24) is 9.71 Å². The molecule has 0 spiro atoms. The molecule has 0 aliphatic heterocycles. The number of nitro benzene ring substituents is 1. The van der Waals surface area contributed by atoms with Gasteiger partial charge in [-0.25, -0.2) is 17.9 Å². The molecule has 0 aliphatic carbocycles. The summed E-state index contributed by atoms with van der Waals surface area (Å²) in [7, 11) is -4.24. The summed E-state index contributed by atoms with van der Waals surface area (Å²) in [4.78, 5) is 25.7. The minimum atomic E-state index is -4.24. The van der Waals surface area contributed by atoms with Gasteiger partial charge in [-0.2, -0.15) is 0 Å². The van der Waals surface area contributed by atoms with E-state index in [4.69, 9.17) is 4.74 Å². The molecule has 0 radical (unpaired) electrons. The van der Waals surface area contributed by atoms with Crippen molar-refractivity contribution in [2.75, 3.05) is 0 Å². The number of fused-ring (bicyclic) bond motifs is 1. The summed E-state index contributed by atoms with van der Waals surface area (Å²) in [5.74, 6) is 0.0968. The summed E-state index contributed by atoms with van der Waals surface area (Å²) in [5.41, 5.74) is 0.131. The van der Waals surface area contributed by atoms with E-state index in [2.05, 4.69) is 4.98 Å². The number of nitrogens with zero attached hydrogens (tertiary/aromatic N) is 2. The molecular formula is C16H11N3O6S. The second-order valence-corrected chi connectivity index (χ2v) is 6.76. The Kier molecular flexibility index (Phi) is 4.50. The first-order chi connectivity index (χ1) is 12.4. The van der Waals surface area contributed by atoms with Crippen molar-refractivity contribution in [2.45, 2.75) is 4.90 Å². The lowest BCUT2D eigenvalue weighted by Gasteiger charge is -2.09. The molecule has 3 aromatic rings. The van der Waals surface area contributed by atoms with Gasteiger partial charge in [0, 0.05) is 23.7 Å². The largest absolute Gasteiger partial charge is 0.426 e. The van der Waals surface area contributed by atoms with Crippen LogP contribution < -0.4 is 9.46 Å². The highest BCUT2D eigenvalue weighted by Crippen LogP contribution is 2.23. The van der Waals surface area contributed by atoms with Crippen molar-refractivity contribution in [3.63, 3.8) is 0 Å². The third kappa shape index (κ3) is 3.59. The highest BCUT2D eigenvalue weighted by Gasteiger charge is 2.20. The Morgan fingerprint density at radius 2 is 1.77 bits per heavy atom. The van der Waals surface area contributed by atoms with Gasteiger partial charge in [0.15, 0.2) is 5.75 Å². The fraction of sp³-hybridized carbons (Fsp3) is 0. The van der Waals surface area contributed by atoms with Gasteiger partial charge < -0.3 is 4.74 Å². The number of carbonyl (C=O) groups is 1. The number of nitro groups is 1. The monoisotopic (exact) mass is 373 g/mol. The first-order valence-corrected chi connectivity index (χ1v) is 8.68. The van der Waals surface area contributed by atoms with E-state index < -0.39 is 21.0 Å². The lowest BCUT2D eigenvalue weighted by Crippen LogP contribution is -2.33. The normalized spacial score (nSPS) is 11.1.